The number of nitrogens with one attached hydrogen (secondary N) is 1. The van der Waals surface area contributed by atoms with Gasteiger partial charge in [-0.15, -0.1) is 0 Å². The first-order valence-corrected chi connectivity index (χ1v) is 8.16. The van der Waals surface area contributed by atoms with Gasteiger partial charge in [-0.25, -0.2) is 9.37 Å². The molecule has 0 atom stereocenters. The summed E-state index contributed by atoms with van der Waals surface area (Å²) in [7, 11) is 0. The van der Waals surface area contributed by atoms with E-state index in [0.29, 0.717) is 22.2 Å². The number of pyridine rings is 2. The van der Waals surface area contributed by atoms with Crippen molar-refractivity contribution in [3.63, 3.8) is 0 Å². The van der Waals surface area contributed by atoms with Crippen molar-refractivity contribution in [3.8, 4) is 0 Å². The molecule has 3 rings (SSSR count). The fourth-order valence-corrected chi connectivity index (χ4v) is 2.83. The van der Waals surface area contributed by atoms with Crippen molar-refractivity contribution in [2.75, 3.05) is 5.73 Å². The lowest BCUT2D eigenvalue weighted by Gasteiger charge is -2.14. The molecule has 0 saturated heterocycles. The summed E-state index contributed by atoms with van der Waals surface area (Å²) in [6.07, 6.45) is -3.20. The highest BCUT2D eigenvalue weighted by molar-refractivity contribution is 5.77. The number of aromatic nitrogens is 4. The van der Waals surface area contributed by atoms with Gasteiger partial charge >= 0.3 is 6.18 Å². The Balaban J connectivity index is 2.12. The normalized spacial score (nSPS) is 12.3. The van der Waals surface area contributed by atoms with Crippen molar-refractivity contribution in [3.05, 3.63) is 51.7 Å². The molecule has 144 valence electrons. The van der Waals surface area contributed by atoms with Crippen LogP contribution in [0.2, 0.25) is 0 Å². The monoisotopic (exact) mass is 383 g/mol. The Morgan fingerprint density at radius 1 is 1.30 bits per heavy atom. The molecule has 0 radical (unpaired) electrons. The maximum absolute atomic E-state index is 14.1. The van der Waals surface area contributed by atoms with Crippen LogP contribution in [0.3, 0.4) is 0 Å². The second-order valence-electron chi connectivity index (χ2n) is 6.62. The van der Waals surface area contributed by atoms with Crippen LogP contribution in [0.5, 0.6) is 0 Å². The van der Waals surface area contributed by atoms with Gasteiger partial charge in [0.05, 0.1) is 29.6 Å². The highest BCUT2D eigenvalue weighted by atomic mass is 19.4. The second kappa shape index (κ2) is 6.67. The first-order valence-electron chi connectivity index (χ1n) is 8.16. The van der Waals surface area contributed by atoms with Gasteiger partial charge in [0, 0.05) is 0 Å². The molecule has 27 heavy (non-hydrogen) atoms. The number of nitrogen functional groups attached to an aromatic ring is 1. The molecule has 6 nitrogen and oxygen atoms in total. The molecule has 0 amide bonds. The third-order valence-electron chi connectivity index (χ3n) is 4.00. The smallest absolute Gasteiger partial charge is 0.394 e. The number of aromatic amines is 1. The number of hydrogen-bond acceptors (Lipinski definition) is 4. The molecular formula is C17H17F4N5O. The molecule has 0 unspecified atom stereocenters. The molecule has 3 aromatic rings. The van der Waals surface area contributed by atoms with E-state index < -0.39 is 29.8 Å². The summed E-state index contributed by atoms with van der Waals surface area (Å²) in [5.74, 6) is -0.470. The number of anilines is 1. The Bertz CT molecular complexity index is 1050. The van der Waals surface area contributed by atoms with Gasteiger partial charge in [0.15, 0.2) is 5.82 Å². The maximum atomic E-state index is 14.1. The van der Waals surface area contributed by atoms with Gasteiger partial charge in [0.1, 0.15) is 17.0 Å². The Morgan fingerprint density at radius 2 is 2.00 bits per heavy atom. The average molecular weight is 383 g/mol. The number of nitrogens with zero attached hydrogens (tertiary/aromatic N) is 3. The summed E-state index contributed by atoms with van der Waals surface area (Å²) in [6.45, 7) is 3.38. The molecule has 3 N–H and O–H groups in total. The molecule has 0 saturated carbocycles. The quantitative estimate of drug-likeness (QED) is 0.678. The number of halogens is 4. The molecule has 3 aromatic heterocycles. The second-order valence-corrected chi connectivity index (χ2v) is 6.62. The molecule has 0 spiro atoms. The van der Waals surface area contributed by atoms with Crippen LogP contribution in [0.4, 0.5) is 23.2 Å². The van der Waals surface area contributed by atoms with E-state index in [9.17, 15) is 22.4 Å². The molecular weight excluding hydrogens is 366 g/mol. The third kappa shape index (κ3) is 3.64. The van der Waals surface area contributed by atoms with Gasteiger partial charge in [0.25, 0.3) is 5.56 Å². The predicted molar refractivity (Wildman–Crippen MR) is 91.6 cm³/mol. The van der Waals surface area contributed by atoms with Gasteiger partial charge in [-0.2, -0.15) is 13.2 Å². The number of nitrogens with two attached hydrogens (primary N) is 1. The van der Waals surface area contributed by atoms with E-state index in [1.807, 2.05) is 13.8 Å². The minimum atomic E-state index is -4.76. The van der Waals surface area contributed by atoms with E-state index in [1.165, 1.54) is 0 Å². The van der Waals surface area contributed by atoms with Gasteiger partial charge in [-0.05, 0) is 24.5 Å². The van der Waals surface area contributed by atoms with Crippen LogP contribution >= 0.6 is 0 Å². The van der Waals surface area contributed by atoms with Crippen molar-refractivity contribution < 1.29 is 17.6 Å². The van der Waals surface area contributed by atoms with E-state index in [4.69, 9.17) is 5.73 Å². The zero-order valence-corrected chi connectivity index (χ0v) is 14.6. The van der Waals surface area contributed by atoms with Gasteiger partial charge in [-0.1, -0.05) is 13.8 Å². The zero-order valence-electron chi connectivity index (χ0n) is 14.6. The molecule has 0 bridgehead atoms. The largest absolute Gasteiger partial charge is 0.431 e. The van der Waals surface area contributed by atoms with Crippen molar-refractivity contribution >= 4 is 16.7 Å². The lowest BCUT2D eigenvalue weighted by Crippen LogP contribution is -2.30. The maximum Gasteiger partial charge on any atom is 0.431 e. The van der Waals surface area contributed by atoms with Gasteiger partial charge in [-0.3, -0.25) is 14.3 Å². The van der Waals surface area contributed by atoms with E-state index in [1.54, 1.807) is 0 Å². The number of hydrogen-bond donors (Lipinski definition) is 2. The first kappa shape index (κ1) is 18.9. The fourth-order valence-electron chi connectivity index (χ4n) is 2.83. The fraction of sp³-hybridized carbons (Fsp3) is 0.353. The van der Waals surface area contributed by atoms with Crippen molar-refractivity contribution in [2.24, 2.45) is 5.92 Å². The Labute approximate surface area is 151 Å². The van der Waals surface area contributed by atoms with Crippen LogP contribution in [-0.2, 0) is 19.1 Å². The summed E-state index contributed by atoms with van der Waals surface area (Å²) < 4.78 is 54.2. The summed E-state index contributed by atoms with van der Waals surface area (Å²) in [5.41, 5.74) is 3.81. The number of fused-ring (bicyclic) bond motifs is 1. The van der Waals surface area contributed by atoms with E-state index in [2.05, 4.69) is 15.0 Å². The van der Waals surface area contributed by atoms with E-state index in [0.717, 1.165) is 18.3 Å². The van der Waals surface area contributed by atoms with Crippen LogP contribution in [0, 0.1) is 11.7 Å². The Morgan fingerprint density at radius 3 is 2.63 bits per heavy atom. The van der Waals surface area contributed by atoms with Gasteiger partial charge in [0.2, 0.25) is 0 Å². The van der Waals surface area contributed by atoms with E-state index in [-0.39, 0.29) is 22.9 Å². The molecule has 0 aliphatic rings. The Hall–Kier alpha value is -2.91. The summed E-state index contributed by atoms with van der Waals surface area (Å²) in [6, 6.07) is 1.64. The van der Waals surface area contributed by atoms with Crippen molar-refractivity contribution in [2.45, 2.75) is 33.0 Å². The minimum Gasteiger partial charge on any atom is -0.394 e. The Kier molecular flexibility index (Phi) is 4.66. The molecule has 0 aromatic carbocycles. The van der Waals surface area contributed by atoms with Crippen molar-refractivity contribution in [1.82, 2.24) is 19.5 Å². The van der Waals surface area contributed by atoms with Crippen LogP contribution in [0.1, 0.15) is 31.1 Å². The zero-order chi connectivity index (χ0) is 19.9. The highest BCUT2D eigenvalue weighted by Gasteiger charge is 2.35. The lowest BCUT2D eigenvalue weighted by atomic mass is 10.1. The molecule has 0 aliphatic carbocycles. The minimum absolute atomic E-state index is 0.0000983. The topological polar surface area (TPSA) is 89.6 Å². The van der Waals surface area contributed by atoms with Crippen molar-refractivity contribution in [1.29, 1.82) is 0 Å². The standard InChI is InChI=1S/C17H17F4N5O/c1-8(2)5-11-15-14(9(18)6-23-11)24-13(25-15)7-26-12(17(19,20)21)4-3-10(22)16(26)27/h3-4,6,8H,5,7,22H2,1-2H3,(H,24,25). The molecule has 0 fully saturated rings. The van der Waals surface area contributed by atoms with Crippen LogP contribution in [-0.4, -0.2) is 19.5 Å². The summed E-state index contributed by atoms with van der Waals surface area (Å²) in [4.78, 5) is 23.0. The lowest BCUT2D eigenvalue weighted by molar-refractivity contribution is -0.144. The number of imidazole rings is 1. The predicted octanol–water partition coefficient (Wildman–Crippen LogP) is 3.11. The first-order chi connectivity index (χ1) is 12.6. The SMILES string of the molecule is CC(C)Cc1ncc(F)c2nc(Cn3c(C(F)(F)F)ccc(N)c3=O)[nH]c12. The number of H-pyrrole nitrogens is 1. The number of rotatable bonds is 4. The molecule has 0 aliphatic heterocycles. The molecule has 3 heterocycles. The van der Waals surface area contributed by atoms with E-state index >= 15 is 0 Å². The van der Waals surface area contributed by atoms with Crippen LogP contribution in [0.15, 0.2) is 23.1 Å². The summed E-state index contributed by atoms with van der Waals surface area (Å²) >= 11 is 0. The summed E-state index contributed by atoms with van der Waals surface area (Å²) in [5, 5.41) is 0. The third-order valence-corrected chi connectivity index (χ3v) is 4.00. The van der Waals surface area contributed by atoms with Crippen LogP contribution < -0.4 is 11.3 Å². The number of alkyl halides is 3. The van der Waals surface area contributed by atoms with Crippen LogP contribution in [0.25, 0.3) is 11.0 Å². The molecule has 10 heteroatoms. The van der Waals surface area contributed by atoms with Gasteiger partial charge < -0.3 is 10.7 Å². The highest BCUT2D eigenvalue weighted by Crippen LogP contribution is 2.29. The average Bonchev–Trinajstić information content (AvgIpc) is 2.98.